The highest BCUT2D eigenvalue weighted by Gasteiger charge is 2.75. The van der Waals surface area contributed by atoms with Crippen molar-refractivity contribution in [2.24, 2.45) is 23.7 Å². The molecule has 6 heterocycles. The van der Waals surface area contributed by atoms with Crippen LogP contribution in [-0.4, -0.2) is 59.2 Å². The molecule has 4 unspecified atom stereocenters. The summed E-state index contributed by atoms with van der Waals surface area (Å²) >= 11 is 0. The number of hydrogen-bond donors (Lipinski definition) is 0. The topological polar surface area (TPSA) is 120 Å². The predicted molar refractivity (Wildman–Crippen MR) is 240 cm³/mol. The Bertz CT molecular complexity index is 2910. The molecule has 8 atom stereocenters. The number of halogens is 12. The highest BCUT2D eigenvalue weighted by molar-refractivity contribution is 6.24. The molecule has 6 fully saturated rings. The molecular weight excluding hydrogens is 1040 g/mol. The summed E-state index contributed by atoms with van der Waals surface area (Å²) in [6.07, 6.45) is -16.7. The first-order valence-corrected chi connectivity index (χ1v) is 23.3. The van der Waals surface area contributed by atoms with E-state index in [4.69, 9.17) is 32.1 Å². The summed E-state index contributed by atoms with van der Waals surface area (Å²) in [6.45, 7) is 17.3. The van der Waals surface area contributed by atoms with E-state index in [2.05, 4.69) is 9.69 Å². The number of benzene rings is 4. The number of rotatable bonds is 10. The second-order valence-electron chi connectivity index (χ2n) is 19.8. The molecule has 0 aliphatic carbocycles. The van der Waals surface area contributed by atoms with Gasteiger partial charge in [0.25, 0.3) is 0 Å². The summed E-state index contributed by atoms with van der Waals surface area (Å²) in [7, 11) is 0. The molecule has 76 heavy (non-hydrogen) atoms. The van der Waals surface area contributed by atoms with Gasteiger partial charge in [-0.05, 0) is 112 Å². The van der Waals surface area contributed by atoms with Crippen LogP contribution in [0, 0.1) is 36.8 Å². The lowest BCUT2D eigenvalue weighted by Crippen LogP contribution is -2.43. The van der Waals surface area contributed by atoms with Crippen LogP contribution < -0.4 is 19.3 Å². The monoisotopic (exact) mass is 1080 g/mol. The van der Waals surface area contributed by atoms with Gasteiger partial charge in [0.2, 0.25) is 23.6 Å². The van der Waals surface area contributed by atoms with E-state index < -0.39 is 128 Å². The van der Waals surface area contributed by atoms with Gasteiger partial charge in [-0.15, -0.1) is 0 Å². The van der Waals surface area contributed by atoms with Crippen molar-refractivity contribution in [1.29, 1.82) is 0 Å². The molecule has 0 spiro atoms. The third-order valence-electron chi connectivity index (χ3n) is 15.3. The molecule has 4 aromatic rings. The van der Waals surface area contributed by atoms with Gasteiger partial charge in [0.15, 0.2) is 11.4 Å². The Hall–Kier alpha value is -7.18. The summed E-state index contributed by atoms with van der Waals surface area (Å²) in [4.78, 5) is 61.2. The Morgan fingerprint density at radius 2 is 0.829 bits per heavy atom. The molecule has 6 aliphatic rings. The first kappa shape index (κ1) is 53.6. The molecule has 0 radical (unpaired) electrons. The second-order valence-corrected chi connectivity index (χ2v) is 19.8. The van der Waals surface area contributed by atoms with Gasteiger partial charge >= 0.3 is 24.7 Å². The fourth-order valence-corrected chi connectivity index (χ4v) is 11.9. The summed E-state index contributed by atoms with van der Waals surface area (Å²) in [6, 6.07) is 13.7. The van der Waals surface area contributed by atoms with Gasteiger partial charge < -0.3 is 18.9 Å². The number of imide groups is 2. The minimum absolute atomic E-state index is 0.0238. The highest BCUT2D eigenvalue weighted by Crippen LogP contribution is 2.64. The number of fused-ring (bicyclic) bond motifs is 10. The van der Waals surface area contributed by atoms with E-state index in [0.29, 0.717) is 37.8 Å². The molecule has 0 aromatic heterocycles. The van der Waals surface area contributed by atoms with Crippen LogP contribution in [0.4, 0.5) is 75.4 Å². The highest BCUT2D eigenvalue weighted by atomic mass is 19.4. The molecule has 10 rings (SSSR count). The fourth-order valence-electron chi connectivity index (χ4n) is 11.9. The zero-order valence-electron chi connectivity index (χ0n) is 39.6. The smallest absolute Gasteiger partial charge is 0.416 e. The number of carbonyl (C=O) groups excluding carboxylic acids is 4. The van der Waals surface area contributed by atoms with Gasteiger partial charge in [0.05, 0.1) is 94.7 Å². The van der Waals surface area contributed by atoms with E-state index in [1.807, 2.05) is 0 Å². The van der Waals surface area contributed by atoms with Crippen molar-refractivity contribution in [2.75, 3.05) is 23.0 Å². The van der Waals surface area contributed by atoms with E-state index in [1.165, 1.54) is 24.3 Å². The van der Waals surface area contributed by atoms with Gasteiger partial charge in [-0.3, -0.25) is 19.2 Å². The van der Waals surface area contributed by atoms with Crippen LogP contribution in [0.2, 0.25) is 0 Å². The van der Waals surface area contributed by atoms with Gasteiger partial charge in [0.1, 0.15) is 11.5 Å². The van der Waals surface area contributed by atoms with Crippen molar-refractivity contribution in [2.45, 2.75) is 99.5 Å². The molecule has 24 heteroatoms. The third kappa shape index (κ3) is 9.05. The average Bonchev–Trinajstić information content (AvgIpc) is 4.20. The van der Waals surface area contributed by atoms with E-state index >= 15 is 0 Å². The molecule has 4 amide bonds. The lowest BCUT2D eigenvalue weighted by Gasteiger charge is -2.31. The Labute approximate surface area is 424 Å². The summed E-state index contributed by atoms with van der Waals surface area (Å²) in [5, 5.41) is 0. The van der Waals surface area contributed by atoms with Crippen molar-refractivity contribution in [1.82, 2.24) is 0 Å². The van der Waals surface area contributed by atoms with Crippen LogP contribution in [0.15, 0.2) is 84.9 Å². The standard InChI is InChI=1S/2C26H20F6N2O4/c2*1-23-9-10-24(38-23,11-12-37-16-6-3-14(4-7-16)25(27,28)29)20-19(23)21(35)34(22(20)36)15-5-8-18(33-2)17(13-15)26(30,31)32/h2*3-8,13,19-20H,9-12H2,1H3/t2*19-,20+,23?,24?/m10/s1. The van der Waals surface area contributed by atoms with Crippen LogP contribution in [0.25, 0.3) is 9.69 Å². The normalized spacial score (nSPS) is 28.5. The molecule has 12 nitrogen and oxygen atoms in total. The molecule has 6 saturated heterocycles. The van der Waals surface area contributed by atoms with Crippen molar-refractivity contribution in [3.8, 4) is 11.5 Å². The Kier molecular flexibility index (Phi) is 12.9. The molecule has 4 bridgehead atoms. The third-order valence-corrected chi connectivity index (χ3v) is 15.3. The van der Waals surface area contributed by atoms with Crippen molar-refractivity contribution < 1.29 is 90.8 Å². The van der Waals surface area contributed by atoms with Crippen molar-refractivity contribution >= 4 is 46.4 Å². The van der Waals surface area contributed by atoms with E-state index in [0.717, 1.165) is 58.3 Å². The number of anilines is 2. The largest absolute Gasteiger partial charge is 0.493 e. The first-order chi connectivity index (χ1) is 35.4. The molecule has 0 N–H and O–H groups in total. The lowest BCUT2D eigenvalue weighted by atomic mass is 9.67. The fraction of sp³-hybridized carbons (Fsp3) is 0.423. The molecule has 4 aromatic carbocycles. The first-order valence-electron chi connectivity index (χ1n) is 23.3. The minimum atomic E-state index is -4.86. The van der Waals surface area contributed by atoms with Crippen LogP contribution in [-0.2, 0) is 53.4 Å². The zero-order chi connectivity index (χ0) is 55.3. The van der Waals surface area contributed by atoms with Crippen LogP contribution in [0.1, 0.15) is 74.6 Å². The van der Waals surface area contributed by atoms with Crippen molar-refractivity contribution in [3.05, 3.63) is 130 Å². The predicted octanol–water partition coefficient (Wildman–Crippen LogP) is 12.3. The number of nitrogens with zero attached hydrogens (tertiary/aromatic N) is 4. The van der Waals surface area contributed by atoms with Gasteiger partial charge in [-0.25, -0.2) is 19.5 Å². The number of carbonyl (C=O) groups is 4. The Morgan fingerprint density at radius 3 is 1.13 bits per heavy atom. The van der Waals surface area contributed by atoms with Gasteiger partial charge in [0, 0.05) is 24.2 Å². The summed E-state index contributed by atoms with van der Waals surface area (Å²) in [5.74, 6) is -6.11. The van der Waals surface area contributed by atoms with Gasteiger partial charge in [-0.1, -0.05) is 12.1 Å². The van der Waals surface area contributed by atoms with Gasteiger partial charge in [-0.2, -0.15) is 52.7 Å². The lowest BCUT2D eigenvalue weighted by molar-refractivity contribution is -0.138. The van der Waals surface area contributed by atoms with E-state index in [9.17, 15) is 71.9 Å². The SMILES string of the molecule is [C-]#[N+]c1ccc(N2C(=O)[C@@H]3[C@H](C2=O)C2(C)CCC3(CCOc3ccc(C(F)(F)F)cc3)O2)cc1C(F)(F)F.[C-]#[N+]c1ccc(N2C(=O)[C@@H]3[C@H](C2=O)C2(CCOc4ccc(C(F)(F)F)cc4)CCC3(C)O2)cc1C(F)(F)F. The molecule has 400 valence electrons. The van der Waals surface area contributed by atoms with E-state index in [1.54, 1.807) is 13.8 Å². The number of hydrogen-bond acceptors (Lipinski definition) is 8. The molecule has 6 aliphatic heterocycles. The number of ether oxygens (including phenoxy) is 4. The van der Waals surface area contributed by atoms with Crippen LogP contribution in [0.5, 0.6) is 11.5 Å². The maximum Gasteiger partial charge on any atom is 0.416 e. The minimum Gasteiger partial charge on any atom is -0.493 e. The van der Waals surface area contributed by atoms with Crippen LogP contribution >= 0.6 is 0 Å². The Balaban J connectivity index is 0.000000186. The average molecular weight is 1080 g/mol. The zero-order valence-corrected chi connectivity index (χ0v) is 39.6. The number of amides is 4. The second kappa shape index (κ2) is 18.2. The maximum absolute atomic E-state index is 13.6. The quantitative estimate of drug-likeness (QED) is 0.0875. The molecular formula is C52H40F12N4O8. The van der Waals surface area contributed by atoms with Crippen LogP contribution in [0.3, 0.4) is 0 Å². The summed E-state index contributed by atoms with van der Waals surface area (Å²) < 4.78 is 182. The maximum atomic E-state index is 13.6. The Morgan fingerprint density at radius 1 is 0.500 bits per heavy atom. The van der Waals surface area contributed by atoms with Crippen molar-refractivity contribution in [3.63, 3.8) is 0 Å². The molecule has 0 saturated carbocycles. The summed E-state index contributed by atoms with van der Waals surface area (Å²) in [5.41, 5.74) is -10.2. The van der Waals surface area contributed by atoms with E-state index in [-0.39, 0.29) is 48.9 Å². The number of alkyl halides is 12.